The average molecular weight is 549 g/mol. The Hall–Kier alpha value is -4.77. The fraction of sp³-hybridized carbons (Fsp3) is 0.148. The minimum Gasteiger partial charge on any atom is -0.439 e. The molecule has 39 heavy (non-hydrogen) atoms. The summed E-state index contributed by atoms with van der Waals surface area (Å²) in [6.45, 7) is 0.720. The number of nitrogens with zero attached hydrogens (tertiary/aromatic N) is 3. The second-order valence-corrected chi connectivity index (χ2v) is 9.13. The number of pyridine rings is 1. The molecule has 2 aromatic carbocycles. The largest absolute Gasteiger partial charge is 0.439 e. The monoisotopic (exact) mass is 548 g/mol. The molecule has 0 bridgehead atoms. The Labute approximate surface area is 226 Å². The van der Waals surface area contributed by atoms with Gasteiger partial charge in [0, 0.05) is 29.5 Å². The summed E-state index contributed by atoms with van der Waals surface area (Å²) in [5.74, 6) is -0.911. The second-order valence-electron chi connectivity index (χ2n) is 8.69. The van der Waals surface area contributed by atoms with E-state index in [-0.39, 0.29) is 29.8 Å². The van der Waals surface area contributed by atoms with Crippen molar-refractivity contribution < 1.29 is 18.7 Å². The van der Waals surface area contributed by atoms with Gasteiger partial charge in [-0.25, -0.2) is 0 Å². The van der Waals surface area contributed by atoms with E-state index in [1.807, 2.05) is 12.1 Å². The summed E-state index contributed by atoms with van der Waals surface area (Å²) in [6, 6.07) is 17.3. The Balaban J connectivity index is 1.40. The molecule has 10 nitrogen and oxygen atoms in total. The highest BCUT2D eigenvalue weighted by atomic mass is 35.5. The van der Waals surface area contributed by atoms with Crippen molar-refractivity contribution in [2.45, 2.75) is 19.0 Å². The number of hydrogen-bond acceptors (Lipinski definition) is 7. The third kappa shape index (κ3) is 6.39. The maximum atomic E-state index is 13.3. The second kappa shape index (κ2) is 11.3. The molecule has 1 aliphatic rings. The van der Waals surface area contributed by atoms with E-state index >= 15 is 0 Å². The predicted octanol–water partition coefficient (Wildman–Crippen LogP) is 3.63. The van der Waals surface area contributed by atoms with Gasteiger partial charge in [0.25, 0.3) is 11.5 Å². The molecule has 0 aliphatic carbocycles. The van der Waals surface area contributed by atoms with Crippen LogP contribution in [0.4, 0.5) is 16.0 Å². The van der Waals surface area contributed by atoms with Crippen molar-refractivity contribution in [1.29, 1.82) is 0 Å². The summed E-state index contributed by atoms with van der Waals surface area (Å²) >= 11 is 6.01. The topological polar surface area (TPSA) is 127 Å². The Morgan fingerprint density at radius 3 is 2.54 bits per heavy atom. The highest BCUT2D eigenvalue weighted by Gasteiger charge is 2.27. The van der Waals surface area contributed by atoms with Gasteiger partial charge in [0.15, 0.2) is 0 Å². The van der Waals surface area contributed by atoms with E-state index in [2.05, 4.69) is 25.9 Å². The van der Waals surface area contributed by atoms with E-state index < -0.39 is 23.5 Å². The molecule has 1 aliphatic heterocycles. The lowest BCUT2D eigenvalue weighted by molar-refractivity contribution is -0.120. The van der Waals surface area contributed by atoms with Gasteiger partial charge >= 0.3 is 0 Å². The Morgan fingerprint density at radius 1 is 1.08 bits per heavy atom. The minimum atomic E-state index is -0.752. The highest BCUT2D eigenvalue weighted by Crippen LogP contribution is 2.23. The van der Waals surface area contributed by atoms with Crippen LogP contribution in [0, 0.1) is 5.95 Å². The summed E-state index contributed by atoms with van der Waals surface area (Å²) < 4.78 is 20.5. The Bertz CT molecular complexity index is 1580. The molecule has 5 rings (SSSR count). The van der Waals surface area contributed by atoms with Gasteiger partial charge in [-0.3, -0.25) is 14.4 Å². The maximum absolute atomic E-state index is 13.3. The van der Waals surface area contributed by atoms with Crippen LogP contribution in [0.5, 0.6) is 11.6 Å². The number of anilines is 2. The van der Waals surface area contributed by atoms with Crippen LogP contribution in [0.3, 0.4) is 0 Å². The molecule has 1 atom stereocenters. The quantitative estimate of drug-likeness (QED) is 0.287. The normalized spacial score (nSPS) is 14.5. The van der Waals surface area contributed by atoms with Crippen molar-refractivity contribution in [3.8, 4) is 11.6 Å². The van der Waals surface area contributed by atoms with Crippen LogP contribution in [-0.2, 0) is 11.3 Å². The number of carbonyl (C=O) groups excluding carboxylic acids is 2. The van der Waals surface area contributed by atoms with Crippen LogP contribution in [0.1, 0.15) is 22.3 Å². The van der Waals surface area contributed by atoms with Gasteiger partial charge in [-0.05, 0) is 54.4 Å². The molecule has 3 heterocycles. The number of hydrogen-bond donors (Lipinski definition) is 3. The van der Waals surface area contributed by atoms with Crippen LogP contribution >= 0.6 is 11.6 Å². The van der Waals surface area contributed by atoms with Crippen LogP contribution in [-0.4, -0.2) is 38.9 Å². The van der Waals surface area contributed by atoms with Gasteiger partial charge in [0.1, 0.15) is 17.4 Å². The van der Waals surface area contributed by atoms with E-state index in [1.54, 1.807) is 41.0 Å². The molecular weight excluding hydrogens is 527 g/mol. The molecule has 0 spiro atoms. The summed E-state index contributed by atoms with van der Waals surface area (Å²) in [7, 11) is 0. The number of carbonyl (C=O) groups is 2. The Morgan fingerprint density at radius 2 is 1.85 bits per heavy atom. The van der Waals surface area contributed by atoms with E-state index in [0.29, 0.717) is 29.4 Å². The molecule has 198 valence electrons. The number of ether oxygens (including phenoxy) is 1. The van der Waals surface area contributed by atoms with E-state index in [9.17, 15) is 18.8 Å². The fourth-order valence-electron chi connectivity index (χ4n) is 3.93. The molecule has 0 radical (unpaired) electrons. The lowest BCUT2D eigenvalue weighted by atomic mass is 10.2. The lowest BCUT2D eigenvalue weighted by Gasteiger charge is -2.16. The minimum absolute atomic E-state index is 0.109. The van der Waals surface area contributed by atoms with E-state index in [4.69, 9.17) is 16.3 Å². The average Bonchev–Trinajstić information content (AvgIpc) is 3.32. The zero-order chi connectivity index (χ0) is 27.4. The number of nitrogens with one attached hydrogen (secondary N) is 3. The van der Waals surface area contributed by atoms with E-state index in [1.165, 1.54) is 24.4 Å². The summed E-state index contributed by atoms with van der Waals surface area (Å²) in [5.41, 5.74) is 0.477. The first-order valence-corrected chi connectivity index (χ1v) is 12.3. The zero-order valence-corrected chi connectivity index (χ0v) is 21.1. The van der Waals surface area contributed by atoms with Crippen molar-refractivity contribution in [3.05, 3.63) is 105 Å². The molecule has 2 aromatic heterocycles. The smallest absolute Gasteiger partial charge is 0.287 e. The first-order chi connectivity index (χ1) is 18.8. The van der Waals surface area contributed by atoms with Gasteiger partial charge in [0.05, 0.1) is 6.54 Å². The third-order valence-corrected chi connectivity index (χ3v) is 6.13. The zero-order valence-electron chi connectivity index (χ0n) is 20.4. The van der Waals surface area contributed by atoms with Crippen LogP contribution in [0.15, 0.2) is 77.7 Å². The van der Waals surface area contributed by atoms with Crippen LogP contribution < -0.4 is 26.2 Å². The number of aromatic nitrogens is 3. The SMILES string of the molecule is O=C(NC1CCNC1=O)c1cn(Cc2ccc(Cl)cc2)c(Nc2ccc(Oc3cccc(F)n3)cc2)nc1=O. The van der Waals surface area contributed by atoms with Crippen molar-refractivity contribution in [2.75, 3.05) is 11.9 Å². The molecule has 2 amide bonds. The summed E-state index contributed by atoms with van der Waals surface area (Å²) in [6.07, 6.45) is 1.84. The predicted molar refractivity (Wildman–Crippen MR) is 142 cm³/mol. The van der Waals surface area contributed by atoms with Crippen molar-refractivity contribution in [2.24, 2.45) is 0 Å². The number of benzene rings is 2. The van der Waals surface area contributed by atoms with Gasteiger partial charge in [-0.2, -0.15) is 14.4 Å². The van der Waals surface area contributed by atoms with Crippen LogP contribution in [0.25, 0.3) is 0 Å². The summed E-state index contributed by atoms with van der Waals surface area (Å²) in [5, 5.41) is 8.90. The van der Waals surface area contributed by atoms with E-state index in [0.717, 1.165) is 5.56 Å². The van der Waals surface area contributed by atoms with Gasteiger partial charge in [-0.15, -0.1) is 0 Å². The van der Waals surface area contributed by atoms with Gasteiger partial charge in [0.2, 0.25) is 23.7 Å². The Kier molecular flexibility index (Phi) is 7.50. The highest BCUT2D eigenvalue weighted by molar-refractivity contribution is 6.30. The van der Waals surface area contributed by atoms with Gasteiger partial charge < -0.3 is 25.3 Å². The standard InChI is InChI=1S/C27H22ClFN6O4/c28-17-6-4-16(5-7-17)14-35-15-20(24(36)32-21-12-13-30-26(21)38)25(37)34-27(35)31-18-8-10-19(11-9-18)39-23-3-1-2-22(29)33-23/h1-11,15,21H,12-14H2,(H,30,38)(H,32,36)(H,31,34,37). The van der Waals surface area contributed by atoms with Crippen molar-refractivity contribution in [3.63, 3.8) is 0 Å². The molecule has 12 heteroatoms. The lowest BCUT2D eigenvalue weighted by Crippen LogP contribution is -2.42. The molecule has 3 N–H and O–H groups in total. The fourth-order valence-corrected chi connectivity index (χ4v) is 4.05. The van der Waals surface area contributed by atoms with Gasteiger partial charge in [-0.1, -0.05) is 29.8 Å². The molecular formula is C27H22ClFN6O4. The molecule has 1 unspecified atom stereocenters. The number of amides is 2. The number of rotatable bonds is 8. The molecule has 4 aromatic rings. The molecule has 1 fully saturated rings. The third-order valence-electron chi connectivity index (χ3n) is 5.88. The number of halogens is 2. The van der Waals surface area contributed by atoms with Crippen molar-refractivity contribution >= 4 is 35.1 Å². The van der Waals surface area contributed by atoms with Crippen LogP contribution in [0.2, 0.25) is 5.02 Å². The maximum Gasteiger partial charge on any atom is 0.287 e. The summed E-state index contributed by atoms with van der Waals surface area (Å²) in [4.78, 5) is 45.4. The van der Waals surface area contributed by atoms with Crippen molar-refractivity contribution in [1.82, 2.24) is 25.2 Å². The molecule has 1 saturated heterocycles. The first-order valence-electron chi connectivity index (χ1n) is 12.0. The molecule has 0 saturated carbocycles. The first kappa shape index (κ1) is 25.9.